The summed E-state index contributed by atoms with van der Waals surface area (Å²) < 4.78 is 48.7. The van der Waals surface area contributed by atoms with E-state index in [1.54, 1.807) is 24.7 Å². The van der Waals surface area contributed by atoms with Gasteiger partial charge in [0.25, 0.3) is 0 Å². The summed E-state index contributed by atoms with van der Waals surface area (Å²) in [5.41, 5.74) is 3.90. The Morgan fingerprint density at radius 2 is 1.52 bits per heavy atom. The van der Waals surface area contributed by atoms with Gasteiger partial charge in [0, 0.05) is 24.3 Å². The molecule has 2 aliphatic rings. The summed E-state index contributed by atoms with van der Waals surface area (Å²) >= 11 is 0. The van der Waals surface area contributed by atoms with Gasteiger partial charge in [-0.3, -0.25) is 0 Å². The Bertz CT molecular complexity index is 2120. The Hall–Kier alpha value is -4.73. The first kappa shape index (κ1) is 31.8. The summed E-state index contributed by atoms with van der Waals surface area (Å²) in [6.45, 7) is 11.2. The summed E-state index contributed by atoms with van der Waals surface area (Å²) in [5.74, 6) is 0.537. The van der Waals surface area contributed by atoms with E-state index in [1.807, 2.05) is 50.3 Å². The number of hydrogen-bond donors (Lipinski definition) is 0. The zero-order valence-electron chi connectivity index (χ0n) is 27.9. The molecule has 1 saturated heterocycles. The fourth-order valence-corrected chi connectivity index (χ4v) is 6.42. The fraction of sp³-hybridized carbons (Fsp3) is 0.359. The first-order valence-electron chi connectivity index (χ1n) is 16.5. The van der Waals surface area contributed by atoms with E-state index in [4.69, 9.17) is 36.9 Å². The third-order valence-electron chi connectivity index (χ3n) is 8.98. The third kappa shape index (κ3) is 6.16. The molecule has 2 atom stereocenters. The molecule has 7 rings (SSSR count). The number of allylic oxidation sites excluding steroid dienone is 2. The van der Waals surface area contributed by atoms with Gasteiger partial charge in [-0.1, -0.05) is 24.5 Å². The normalized spacial score (nSPS) is 20.6. The first-order chi connectivity index (χ1) is 23.1. The average molecular weight is 653 g/mol. The van der Waals surface area contributed by atoms with Crippen LogP contribution in [-0.4, -0.2) is 30.9 Å². The second-order valence-electron chi connectivity index (χ2n) is 13.0. The number of rotatable bonds is 11. The zero-order valence-corrected chi connectivity index (χ0v) is 27.9. The number of fused-ring (bicyclic) bond motifs is 4. The topological polar surface area (TPSA) is 103 Å². The zero-order chi connectivity index (χ0) is 33.5. The molecule has 0 saturated carbocycles. The van der Waals surface area contributed by atoms with E-state index in [9.17, 15) is 4.79 Å². The molecule has 9 nitrogen and oxygen atoms in total. The second-order valence-corrected chi connectivity index (χ2v) is 13.0. The summed E-state index contributed by atoms with van der Waals surface area (Å²) in [5, 5.41) is 2.42. The quantitative estimate of drug-likeness (QED) is 0.102. The largest absolute Gasteiger partial charge is 0.488 e. The minimum Gasteiger partial charge on any atom is -0.488 e. The van der Waals surface area contributed by atoms with Crippen LogP contribution in [0.5, 0.6) is 17.2 Å². The number of furan rings is 2. The van der Waals surface area contributed by atoms with Gasteiger partial charge in [0.05, 0.1) is 46.0 Å². The number of ether oxygens (including phenoxy) is 5. The third-order valence-corrected chi connectivity index (χ3v) is 8.98. The highest BCUT2D eigenvalue weighted by molar-refractivity contribution is 6.01. The van der Waals surface area contributed by atoms with E-state index in [1.165, 1.54) is 11.6 Å². The molecule has 0 aliphatic carbocycles. The van der Waals surface area contributed by atoms with Crippen LogP contribution in [0, 0.1) is 0 Å². The van der Waals surface area contributed by atoms with Crippen LogP contribution in [0.1, 0.15) is 65.9 Å². The molecule has 5 heterocycles. The van der Waals surface area contributed by atoms with E-state index in [2.05, 4.69) is 26.8 Å². The molecule has 9 heteroatoms. The van der Waals surface area contributed by atoms with Gasteiger partial charge < -0.3 is 36.9 Å². The minimum atomic E-state index is -1.36. The van der Waals surface area contributed by atoms with E-state index in [-0.39, 0.29) is 6.10 Å². The van der Waals surface area contributed by atoms with E-state index < -0.39 is 17.2 Å². The Morgan fingerprint density at radius 3 is 2.27 bits per heavy atom. The lowest BCUT2D eigenvalue weighted by atomic mass is 9.96. The summed E-state index contributed by atoms with van der Waals surface area (Å²) in [6, 6.07) is 10.4. The molecule has 48 heavy (non-hydrogen) atoms. The van der Waals surface area contributed by atoms with Crippen molar-refractivity contribution < 1.29 is 36.9 Å². The molecule has 2 unspecified atom stereocenters. The molecule has 0 N–H and O–H groups in total. The van der Waals surface area contributed by atoms with Gasteiger partial charge in [-0.05, 0) is 83.4 Å². The molecular formula is C39H40O9. The Balaban J connectivity index is 1.03. The van der Waals surface area contributed by atoms with Crippen molar-refractivity contribution in [1.82, 2.24) is 0 Å². The van der Waals surface area contributed by atoms with Gasteiger partial charge in [-0.15, -0.1) is 0 Å². The molecule has 5 aromatic rings. The van der Waals surface area contributed by atoms with Gasteiger partial charge >= 0.3 is 11.6 Å². The Morgan fingerprint density at radius 1 is 0.854 bits per heavy atom. The lowest BCUT2D eigenvalue weighted by Gasteiger charge is -2.30. The predicted molar refractivity (Wildman–Crippen MR) is 184 cm³/mol. The number of benzene rings is 2. The van der Waals surface area contributed by atoms with Gasteiger partial charge in [0.2, 0.25) is 0 Å². The standard InChI is InChI=1S/C39H40O9/c1-6-7-24(2)13-18-44-37-27-12-17-39(46-33(27)23-31-29(37)16-21-42-31)47-34(38(4,5)48-39)10-8-25(3)14-19-43-36-26-9-11-35(40)45-32(26)22-30-28(36)15-20-41-30/h9,11-17,20-23,34H,6-8,10,18-19H2,1-5H3/b24-13+,25-14+. The smallest absolute Gasteiger partial charge is 0.350 e. The molecule has 2 aliphatic heterocycles. The van der Waals surface area contributed by atoms with Crippen molar-refractivity contribution in [1.29, 1.82) is 0 Å². The lowest BCUT2D eigenvalue weighted by Crippen LogP contribution is -2.38. The van der Waals surface area contributed by atoms with Crippen LogP contribution in [-0.2, 0) is 9.47 Å². The van der Waals surface area contributed by atoms with Crippen LogP contribution >= 0.6 is 0 Å². The van der Waals surface area contributed by atoms with Crippen molar-refractivity contribution in [2.75, 3.05) is 13.2 Å². The Kier molecular flexibility index (Phi) is 8.43. The van der Waals surface area contributed by atoms with E-state index in [0.29, 0.717) is 59.0 Å². The highest BCUT2D eigenvalue weighted by atomic mass is 16.9. The van der Waals surface area contributed by atoms with Crippen LogP contribution in [0.4, 0.5) is 0 Å². The monoisotopic (exact) mass is 652 g/mol. The summed E-state index contributed by atoms with van der Waals surface area (Å²) in [4.78, 5) is 11.8. The van der Waals surface area contributed by atoms with Crippen molar-refractivity contribution in [2.24, 2.45) is 0 Å². The molecule has 0 bridgehead atoms. The van der Waals surface area contributed by atoms with Crippen molar-refractivity contribution in [3.63, 3.8) is 0 Å². The van der Waals surface area contributed by atoms with Gasteiger partial charge in [0.1, 0.15) is 47.2 Å². The molecule has 3 aromatic heterocycles. The molecule has 2 aromatic carbocycles. The van der Waals surface area contributed by atoms with Crippen molar-refractivity contribution in [2.45, 2.75) is 78.0 Å². The highest BCUT2D eigenvalue weighted by Crippen LogP contribution is 2.48. The SMILES string of the molecule is CCC/C(C)=C/COc1c2c(cc3occc13)OC1(C=C2)OC(CC/C(C)=C/COc2c3ccoc3cc3oc(=O)ccc23)C(C)(C)O1. The Labute approximate surface area is 278 Å². The summed E-state index contributed by atoms with van der Waals surface area (Å²) in [6.07, 6.45) is 14.6. The molecule has 1 spiro atoms. The maximum absolute atomic E-state index is 11.8. The van der Waals surface area contributed by atoms with Gasteiger partial charge in [-0.25, -0.2) is 4.79 Å². The minimum absolute atomic E-state index is 0.241. The number of hydrogen-bond acceptors (Lipinski definition) is 9. The van der Waals surface area contributed by atoms with Crippen molar-refractivity contribution >= 4 is 39.0 Å². The van der Waals surface area contributed by atoms with Crippen LogP contribution < -0.4 is 19.8 Å². The van der Waals surface area contributed by atoms with Crippen molar-refractivity contribution in [3.05, 3.63) is 94.3 Å². The first-order valence-corrected chi connectivity index (χ1v) is 16.5. The maximum atomic E-state index is 11.8. The summed E-state index contributed by atoms with van der Waals surface area (Å²) in [7, 11) is 0. The molecule has 1 fully saturated rings. The molecule has 0 radical (unpaired) electrons. The molecule has 250 valence electrons. The molecular weight excluding hydrogens is 612 g/mol. The van der Waals surface area contributed by atoms with E-state index in [0.717, 1.165) is 41.2 Å². The van der Waals surface area contributed by atoms with E-state index >= 15 is 0 Å². The van der Waals surface area contributed by atoms with Crippen LogP contribution in [0.15, 0.2) is 96.3 Å². The van der Waals surface area contributed by atoms with Gasteiger partial charge in [0.15, 0.2) is 0 Å². The van der Waals surface area contributed by atoms with Crippen molar-refractivity contribution in [3.8, 4) is 17.2 Å². The van der Waals surface area contributed by atoms with Gasteiger partial charge in [-0.2, -0.15) is 0 Å². The maximum Gasteiger partial charge on any atom is 0.350 e. The predicted octanol–water partition coefficient (Wildman–Crippen LogP) is 9.47. The van der Waals surface area contributed by atoms with Crippen LogP contribution in [0.25, 0.3) is 39.0 Å². The van der Waals surface area contributed by atoms with Crippen LogP contribution in [0.2, 0.25) is 0 Å². The molecule has 0 amide bonds. The lowest BCUT2D eigenvalue weighted by molar-refractivity contribution is -0.270. The van der Waals surface area contributed by atoms with Crippen LogP contribution in [0.3, 0.4) is 0 Å². The fourth-order valence-electron chi connectivity index (χ4n) is 6.42. The second kappa shape index (κ2) is 12.7. The average Bonchev–Trinajstić information content (AvgIpc) is 3.76. The highest BCUT2D eigenvalue weighted by Gasteiger charge is 2.54.